The molecule has 1 saturated heterocycles. The van der Waals surface area contributed by atoms with Crippen LogP contribution in [-0.4, -0.2) is 41.2 Å². The van der Waals surface area contributed by atoms with Gasteiger partial charge in [-0.2, -0.15) is 10.2 Å². The van der Waals surface area contributed by atoms with Gasteiger partial charge in [0.2, 0.25) is 5.95 Å². The summed E-state index contributed by atoms with van der Waals surface area (Å²) in [6, 6.07) is 8.26. The minimum atomic E-state index is -0.558. The Labute approximate surface area is 143 Å². The summed E-state index contributed by atoms with van der Waals surface area (Å²) in [5.41, 5.74) is 0.418. The predicted molar refractivity (Wildman–Crippen MR) is 87.7 cm³/mol. The average molecular weight is 341 g/mol. The van der Waals surface area contributed by atoms with Gasteiger partial charge in [0.15, 0.2) is 0 Å². The highest BCUT2D eigenvalue weighted by Crippen LogP contribution is 2.33. The zero-order valence-corrected chi connectivity index (χ0v) is 13.5. The third-order valence-corrected chi connectivity index (χ3v) is 3.69. The molecule has 25 heavy (non-hydrogen) atoms. The molecule has 9 heteroatoms. The van der Waals surface area contributed by atoms with Gasteiger partial charge in [-0.3, -0.25) is 10.1 Å². The van der Waals surface area contributed by atoms with Crippen LogP contribution in [-0.2, 0) is 4.74 Å². The summed E-state index contributed by atoms with van der Waals surface area (Å²) < 4.78 is 10.9. The highest BCUT2D eigenvalue weighted by molar-refractivity contribution is 5.51. The third kappa shape index (κ3) is 3.64. The van der Waals surface area contributed by atoms with Crippen LogP contribution in [0.4, 0.5) is 11.6 Å². The normalized spacial score (nSPS) is 14.0. The molecule has 0 spiro atoms. The number of hydrogen-bond acceptors (Lipinski definition) is 8. The number of rotatable bonds is 4. The number of morpholine rings is 1. The molecular formula is C16H15N5O4. The van der Waals surface area contributed by atoms with Gasteiger partial charge in [-0.25, -0.2) is 4.98 Å². The zero-order chi connectivity index (χ0) is 17.8. The molecule has 0 atom stereocenters. The molecule has 0 saturated carbocycles. The van der Waals surface area contributed by atoms with Gasteiger partial charge in [-0.05, 0) is 31.2 Å². The number of ether oxygens (including phenoxy) is 2. The van der Waals surface area contributed by atoms with E-state index in [1.807, 2.05) is 11.0 Å². The van der Waals surface area contributed by atoms with Crippen LogP contribution < -0.4 is 9.64 Å². The van der Waals surface area contributed by atoms with Crippen LogP contribution in [0.5, 0.6) is 11.6 Å². The Morgan fingerprint density at radius 2 is 1.96 bits per heavy atom. The van der Waals surface area contributed by atoms with Crippen molar-refractivity contribution in [2.75, 3.05) is 31.2 Å². The molecule has 2 aromatic rings. The second-order valence-electron chi connectivity index (χ2n) is 5.36. The number of nitriles is 1. The molecule has 1 fully saturated rings. The summed E-state index contributed by atoms with van der Waals surface area (Å²) in [6.45, 7) is 3.85. The highest BCUT2D eigenvalue weighted by Gasteiger charge is 2.26. The second-order valence-corrected chi connectivity index (χ2v) is 5.36. The summed E-state index contributed by atoms with van der Waals surface area (Å²) in [5, 5.41) is 20.2. The first-order valence-electron chi connectivity index (χ1n) is 7.62. The number of hydrogen-bond donors (Lipinski definition) is 0. The van der Waals surface area contributed by atoms with E-state index in [2.05, 4.69) is 9.97 Å². The molecule has 0 radical (unpaired) electrons. The smallest absolute Gasteiger partial charge is 0.352 e. The average Bonchev–Trinajstić information content (AvgIpc) is 2.62. The van der Waals surface area contributed by atoms with Gasteiger partial charge < -0.3 is 14.4 Å². The van der Waals surface area contributed by atoms with E-state index in [4.69, 9.17) is 14.7 Å². The highest BCUT2D eigenvalue weighted by atomic mass is 16.6. The van der Waals surface area contributed by atoms with Gasteiger partial charge in [0.1, 0.15) is 11.4 Å². The minimum absolute atomic E-state index is 0.122. The number of aromatic nitrogens is 2. The molecule has 1 aromatic heterocycles. The van der Waals surface area contributed by atoms with E-state index in [1.54, 1.807) is 31.2 Å². The zero-order valence-electron chi connectivity index (χ0n) is 13.5. The van der Waals surface area contributed by atoms with Crippen molar-refractivity contribution in [3.63, 3.8) is 0 Å². The Balaban J connectivity index is 1.97. The van der Waals surface area contributed by atoms with E-state index in [-0.39, 0.29) is 17.3 Å². The molecule has 3 rings (SSSR count). The molecule has 1 aliphatic heterocycles. The molecule has 9 nitrogen and oxygen atoms in total. The minimum Gasteiger partial charge on any atom is -0.434 e. The summed E-state index contributed by atoms with van der Waals surface area (Å²) in [5.74, 6) is 0.604. The molecular weight excluding hydrogens is 326 g/mol. The number of nitro groups is 1. The molecule has 2 heterocycles. The molecule has 128 valence electrons. The SMILES string of the molecule is Cc1nc(N2CCOCC2)nc(Oc2ccc(C#N)cc2)c1[N+](=O)[O-]. The van der Waals surface area contributed by atoms with Gasteiger partial charge in [-0.1, -0.05) is 0 Å². The van der Waals surface area contributed by atoms with Gasteiger partial charge >= 0.3 is 11.6 Å². The Kier molecular flexibility index (Phi) is 4.72. The molecule has 0 unspecified atom stereocenters. The first kappa shape index (κ1) is 16.6. The molecule has 1 aliphatic rings. The van der Waals surface area contributed by atoms with Crippen LogP contribution in [0.2, 0.25) is 0 Å². The lowest BCUT2D eigenvalue weighted by molar-refractivity contribution is -0.386. The summed E-state index contributed by atoms with van der Waals surface area (Å²) in [7, 11) is 0. The number of benzene rings is 1. The van der Waals surface area contributed by atoms with Gasteiger partial charge in [0, 0.05) is 13.1 Å². The standard InChI is InChI=1S/C16H15N5O4/c1-11-14(21(22)23)15(25-13-4-2-12(10-17)3-5-13)19-16(18-11)20-6-8-24-9-7-20/h2-5H,6-9H2,1H3. The summed E-state index contributed by atoms with van der Waals surface area (Å²) >= 11 is 0. The monoisotopic (exact) mass is 341 g/mol. The quantitative estimate of drug-likeness (QED) is 0.614. The van der Waals surface area contributed by atoms with Gasteiger partial charge in [0.25, 0.3) is 0 Å². The maximum absolute atomic E-state index is 11.4. The molecule has 0 amide bonds. The Morgan fingerprint density at radius 1 is 1.28 bits per heavy atom. The Hall–Kier alpha value is -3.25. The predicted octanol–water partition coefficient (Wildman–Crippen LogP) is 2.19. The van der Waals surface area contributed by atoms with Crippen LogP contribution in [0.1, 0.15) is 11.3 Å². The van der Waals surface area contributed by atoms with Crippen molar-refractivity contribution in [1.82, 2.24) is 9.97 Å². The maximum Gasteiger partial charge on any atom is 0.352 e. The lowest BCUT2D eigenvalue weighted by atomic mass is 10.2. The second kappa shape index (κ2) is 7.11. The van der Waals surface area contributed by atoms with Crippen molar-refractivity contribution >= 4 is 11.6 Å². The van der Waals surface area contributed by atoms with E-state index >= 15 is 0 Å². The van der Waals surface area contributed by atoms with E-state index < -0.39 is 4.92 Å². The van der Waals surface area contributed by atoms with Crippen molar-refractivity contribution in [3.05, 3.63) is 45.6 Å². The van der Waals surface area contributed by atoms with E-state index in [0.717, 1.165) is 0 Å². The topological polar surface area (TPSA) is 114 Å². The third-order valence-electron chi connectivity index (χ3n) is 3.69. The molecule has 0 N–H and O–H groups in total. The fraction of sp³-hybridized carbons (Fsp3) is 0.312. The van der Waals surface area contributed by atoms with Crippen molar-refractivity contribution in [2.24, 2.45) is 0 Å². The molecule has 0 aliphatic carbocycles. The molecule has 0 bridgehead atoms. The van der Waals surface area contributed by atoms with E-state index in [9.17, 15) is 10.1 Å². The largest absolute Gasteiger partial charge is 0.434 e. The lowest BCUT2D eigenvalue weighted by Gasteiger charge is -2.27. The van der Waals surface area contributed by atoms with Crippen molar-refractivity contribution in [1.29, 1.82) is 5.26 Å². The van der Waals surface area contributed by atoms with E-state index in [0.29, 0.717) is 43.6 Å². The van der Waals surface area contributed by atoms with Crippen LogP contribution in [0.3, 0.4) is 0 Å². The van der Waals surface area contributed by atoms with Crippen LogP contribution in [0.15, 0.2) is 24.3 Å². The van der Waals surface area contributed by atoms with Crippen molar-refractivity contribution < 1.29 is 14.4 Å². The van der Waals surface area contributed by atoms with Crippen LogP contribution in [0, 0.1) is 28.4 Å². The Bertz CT molecular complexity index is 826. The Morgan fingerprint density at radius 3 is 2.56 bits per heavy atom. The molecule has 1 aromatic carbocycles. The maximum atomic E-state index is 11.4. The lowest BCUT2D eigenvalue weighted by Crippen LogP contribution is -2.37. The first-order chi connectivity index (χ1) is 12.1. The number of anilines is 1. The first-order valence-corrected chi connectivity index (χ1v) is 7.62. The fourth-order valence-electron chi connectivity index (χ4n) is 2.42. The van der Waals surface area contributed by atoms with Crippen LogP contribution in [0.25, 0.3) is 0 Å². The number of aryl methyl sites for hydroxylation is 1. The van der Waals surface area contributed by atoms with Gasteiger partial charge in [0.05, 0.1) is 29.8 Å². The fourth-order valence-corrected chi connectivity index (χ4v) is 2.42. The van der Waals surface area contributed by atoms with Crippen LogP contribution >= 0.6 is 0 Å². The van der Waals surface area contributed by atoms with Gasteiger partial charge in [-0.15, -0.1) is 0 Å². The van der Waals surface area contributed by atoms with Crippen molar-refractivity contribution in [3.8, 4) is 17.7 Å². The summed E-state index contributed by atoms with van der Waals surface area (Å²) in [4.78, 5) is 21.2. The number of nitrogens with zero attached hydrogens (tertiary/aromatic N) is 5. The summed E-state index contributed by atoms with van der Waals surface area (Å²) in [6.07, 6.45) is 0. The van der Waals surface area contributed by atoms with E-state index in [1.165, 1.54) is 0 Å². The van der Waals surface area contributed by atoms with Crippen molar-refractivity contribution in [2.45, 2.75) is 6.92 Å².